The molecule has 0 aliphatic heterocycles. The lowest BCUT2D eigenvalue weighted by Crippen LogP contribution is -2.20. The molecule has 0 N–H and O–H groups in total. The number of methoxy groups -OCH3 is 1. The summed E-state index contributed by atoms with van der Waals surface area (Å²) in [7, 11) is 1.63. The fraction of sp³-hybridized carbons (Fsp3) is 0.250. The topological polar surface area (TPSA) is 44.1 Å². The molecular weight excluding hydrogens is 412 g/mol. The van der Waals surface area contributed by atoms with Crippen LogP contribution in [0.1, 0.15) is 31.9 Å². The number of hydrogen-bond acceptors (Lipinski definition) is 5. The van der Waals surface area contributed by atoms with Gasteiger partial charge in [0.25, 0.3) is 5.56 Å². The summed E-state index contributed by atoms with van der Waals surface area (Å²) in [6.07, 6.45) is 0. The van der Waals surface area contributed by atoms with Crippen LogP contribution < -0.4 is 10.3 Å². The van der Waals surface area contributed by atoms with Crippen molar-refractivity contribution in [3.8, 4) is 11.4 Å². The Bertz CT molecular complexity index is 1220. The van der Waals surface area contributed by atoms with E-state index in [-0.39, 0.29) is 11.0 Å². The van der Waals surface area contributed by atoms with E-state index in [0.717, 1.165) is 22.7 Å². The van der Waals surface area contributed by atoms with Crippen LogP contribution in [0.3, 0.4) is 0 Å². The molecule has 4 rings (SSSR count). The van der Waals surface area contributed by atoms with Crippen molar-refractivity contribution in [1.82, 2.24) is 9.55 Å². The second-order valence-electron chi connectivity index (χ2n) is 8.10. The highest BCUT2D eigenvalue weighted by molar-refractivity contribution is 7.98. The molecule has 6 heteroatoms. The SMILES string of the molecule is COc1ccc(-n2c(SCc3ccc(C(C)(C)C)cc3)nc3ccsc3c2=O)cc1. The van der Waals surface area contributed by atoms with E-state index in [4.69, 9.17) is 9.72 Å². The minimum Gasteiger partial charge on any atom is -0.497 e. The zero-order valence-corrected chi connectivity index (χ0v) is 19.1. The summed E-state index contributed by atoms with van der Waals surface area (Å²) in [4.78, 5) is 18.0. The van der Waals surface area contributed by atoms with E-state index in [1.54, 1.807) is 23.4 Å². The van der Waals surface area contributed by atoms with Gasteiger partial charge in [0, 0.05) is 5.75 Å². The zero-order valence-electron chi connectivity index (χ0n) is 17.5. The van der Waals surface area contributed by atoms with Gasteiger partial charge in [-0.15, -0.1) is 11.3 Å². The van der Waals surface area contributed by atoms with Gasteiger partial charge in [-0.3, -0.25) is 9.36 Å². The van der Waals surface area contributed by atoms with Gasteiger partial charge in [0.05, 0.1) is 18.3 Å². The molecule has 0 aliphatic rings. The lowest BCUT2D eigenvalue weighted by Gasteiger charge is -2.19. The van der Waals surface area contributed by atoms with E-state index in [1.807, 2.05) is 35.7 Å². The van der Waals surface area contributed by atoms with Crippen LogP contribution in [0.25, 0.3) is 15.9 Å². The van der Waals surface area contributed by atoms with Crippen LogP contribution in [0.15, 0.2) is 69.9 Å². The first-order chi connectivity index (χ1) is 14.4. The van der Waals surface area contributed by atoms with Crippen molar-refractivity contribution in [3.63, 3.8) is 0 Å². The molecule has 2 aromatic carbocycles. The quantitative estimate of drug-likeness (QED) is 0.282. The van der Waals surface area contributed by atoms with Gasteiger partial charge in [-0.05, 0) is 52.3 Å². The zero-order chi connectivity index (χ0) is 21.3. The van der Waals surface area contributed by atoms with Gasteiger partial charge in [-0.2, -0.15) is 0 Å². The van der Waals surface area contributed by atoms with Crippen LogP contribution in [0, 0.1) is 0 Å². The average Bonchev–Trinajstić information content (AvgIpc) is 3.21. The Kier molecular flexibility index (Phi) is 5.71. The van der Waals surface area contributed by atoms with Crippen molar-refractivity contribution >= 4 is 33.3 Å². The highest BCUT2D eigenvalue weighted by Crippen LogP contribution is 2.28. The lowest BCUT2D eigenvalue weighted by molar-refractivity contribution is 0.414. The van der Waals surface area contributed by atoms with Crippen molar-refractivity contribution in [3.05, 3.63) is 81.5 Å². The molecule has 0 radical (unpaired) electrons. The number of thioether (sulfide) groups is 1. The molecule has 0 saturated carbocycles. The number of benzene rings is 2. The fourth-order valence-corrected chi connectivity index (χ4v) is 4.92. The maximum atomic E-state index is 13.2. The molecule has 2 heterocycles. The molecule has 2 aromatic heterocycles. The van der Waals surface area contributed by atoms with Crippen molar-refractivity contribution in [1.29, 1.82) is 0 Å². The van der Waals surface area contributed by atoms with Crippen LogP contribution in [0.4, 0.5) is 0 Å². The highest BCUT2D eigenvalue weighted by atomic mass is 32.2. The summed E-state index contributed by atoms with van der Waals surface area (Å²) in [6, 6.07) is 18.1. The Labute approximate surface area is 184 Å². The van der Waals surface area contributed by atoms with Gasteiger partial charge in [0.2, 0.25) is 0 Å². The standard InChI is InChI=1S/C24H24N2O2S2/c1-24(2,3)17-7-5-16(6-8-17)15-30-23-25-20-13-14-29-21(20)22(27)26(23)18-9-11-19(28-4)12-10-18/h5-14H,15H2,1-4H3. The smallest absolute Gasteiger partial charge is 0.276 e. The van der Waals surface area contributed by atoms with Crippen LogP contribution in [-0.4, -0.2) is 16.7 Å². The minimum absolute atomic E-state index is 0.0363. The first kappa shape index (κ1) is 20.7. The summed E-state index contributed by atoms with van der Waals surface area (Å²) < 4.78 is 7.63. The fourth-order valence-electron chi connectivity index (χ4n) is 3.20. The van der Waals surface area contributed by atoms with Crippen molar-refractivity contribution in [2.45, 2.75) is 37.1 Å². The Morgan fingerprint density at radius 1 is 1.03 bits per heavy atom. The highest BCUT2D eigenvalue weighted by Gasteiger charge is 2.16. The second-order valence-corrected chi connectivity index (χ2v) is 9.96. The van der Waals surface area contributed by atoms with Crippen LogP contribution >= 0.6 is 23.1 Å². The lowest BCUT2D eigenvalue weighted by atomic mass is 9.87. The molecule has 30 heavy (non-hydrogen) atoms. The second kappa shape index (κ2) is 8.28. The van der Waals surface area contributed by atoms with Crippen molar-refractivity contribution in [2.24, 2.45) is 0 Å². The number of ether oxygens (including phenoxy) is 1. The van der Waals surface area contributed by atoms with E-state index >= 15 is 0 Å². The Morgan fingerprint density at radius 3 is 2.37 bits per heavy atom. The van der Waals surface area contributed by atoms with Gasteiger partial charge in [-0.1, -0.05) is 56.8 Å². The van der Waals surface area contributed by atoms with Crippen LogP contribution in [0.5, 0.6) is 5.75 Å². The summed E-state index contributed by atoms with van der Waals surface area (Å²) >= 11 is 3.00. The number of nitrogens with zero attached hydrogens (tertiary/aromatic N) is 2. The number of thiophene rings is 1. The number of fused-ring (bicyclic) bond motifs is 1. The molecule has 4 nitrogen and oxygen atoms in total. The van der Waals surface area contributed by atoms with Gasteiger partial charge in [0.1, 0.15) is 10.4 Å². The molecule has 154 valence electrons. The third-order valence-electron chi connectivity index (χ3n) is 4.97. The van der Waals surface area contributed by atoms with E-state index in [1.165, 1.54) is 22.5 Å². The van der Waals surface area contributed by atoms with E-state index in [2.05, 4.69) is 45.0 Å². The molecule has 4 aromatic rings. The summed E-state index contributed by atoms with van der Waals surface area (Å²) in [5.74, 6) is 1.49. The Hall–Kier alpha value is -2.57. The number of aromatic nitrogens is 2. The summed E-state index contributed by atoms with van der Waals surface area (Å²) in [6.45, 7) is 6.64. The third kappa shape index (κ3) is 4.16. The minimum atomic E-state index is -0.0363. The molecule has 0 unspecified atom stereocenters. The molecule has 0 bridgehead atoms. The van der Waals surface area contributed by atoms with Crippen molar-refractivity contribution in [2.75, 3.05) is 7.11 Å². The monoisotopic (exact) mass is 436 g/mol. The average molecular weight is 437 g/mol. The molecule has 0 saturated heterocycles. The Balaban J connectivity index is 1.69. The number of rotatable bonds is 5. The van der Waals surface area contributed by atoms with E-state index in [0.29, 0.717) is 9.86 Å². The first-order valence-electron chi connectivity index (χ1n) is 9.74. The molecule has 0 spiro atoms. The molecule has 0 amide bonds. The summed E-state index contributed by atoms with van der Waals surface area (Å²) in [5.41, 5.74) is 4.14. The van der Waals surface area contributed by atoms with E-state index < -0.39 is 0 Å². The van der Waals surface area contributed by atoms with Gasteiger partial charge < -0.3 is 4.74 Å². The van der Waals surface area contributed by atoms with Crippen LogP contribution in [-0.2, 0) is 11.2 Å². The molecule has 0 aliphatic carbocycles. The summed E-state index contributed by atoms with van der Waals surface area (Å²) in [5, 5.41) is 2.60. The predicted molar refractivity (Wildman–Crippen MR) is 126 cm³/mol. The normalized spacial score (nSPS) is 11.7. The van der Waals surface area contributed by atoms with Crippen LogP contribution in [0.2, 0.25) is 0 Å². The largest absolute Gasteiger partial charge is 0.497 e. The first-order valence-corrected chi connectivity index (χ1v) is 11.6. The van der Waals surface area contributed by atoms with E-state index in [9.17, 15) is 4.79 Å². The molecular formula is C24H24N2O2S2. The van der Waals surface area contributed by atoms with Crippen molar-refractivity contribution < 1.29 is 4.74 Å². The predicted octanol–water partition coefficient (Wildman–Crippen LogP) is 6.05. The van der Waals surface area contributed by atoms with Gasteiger partial charge >= 0.3 is 0 Å². The molecule has 0 fully saturated rings. The maximum absolute atomic E-state index is 13.2. The number of hydrogen-bond donors (Lipinski definition) is 0. The third-order valence-corrected chi connectivity index (χ3v) is 6.87. The van der Waals surface area contributed by atoms with Gasteiger partial charge in [0.15, 0.2) is 5.16 Å². The maximum Gasteiger partial charge on any atom is 0.276 e. The Morgan fingerprint density at radius 2 is 1.73 bits per heavy atom. The van der Waals surface area contributed by atoms with Gasteiger partial charge in [-0.25, -0.2) is 4.98 Å². The molecule has 0 atom stereocenters.